The van der Waals surface area contributed by atoms with Crippen molar-refractivity contribution in [1.82, 2.24) is 15.1 Å². The van der Waals surface area contributed by atoms with Crippen LogP contribution in [0.5, 0.6) is 5.75 Å². The standard InChI is InChI=1S/C23H32N4O2/c1-3-5-22-24-25-23(29-22)26-13-16-12-18(15-26)21-7-4-6-20(27(21)14-16)17-8-10-19(28-2)11-9-17/h8-11,16,18,20-21H,3-7,12-15H2,1-2H3/t16-,18+,20+,21-/m0/s1. The van der Waals surface area contributed by atoms with E-state index in [-0.39, 0.29) is 0 Å². The first-order chi connectivity index (χ1) is 14.2. The molecule has 0 spiro atoms. The number of anilines is 1. The maximum absolute atomic E-state index is 5.96. The molecule has 2 aromatic rings. The van der Waals surface area contributed by atoms with Crippen molar-refractivity contribution in [3.05, 3.63) is 35.7 Å². The van der Waals surface area contributed by atoms with Gasteiger partial charge >= 0.3 is 6.01 Å². The number of hydrogen-bond acceptors (Lipinski definition) is 6. The molecule has 0 radical (unpaired) electrons. The molecule has 2 bridgehead atoms. The van der Waals surface area contributed by atoms with Crippen molar-refractivity contribution >= 4 is 6.01 Å². The summed E-state index contributed by atoms with van der Waals surface area (Å²) in [6, 6.07) is 10.7. The van der Waals surface area contributed by atoms with Gasteiger partial charge in [-0.2, -0.15) is 0 Å². The molecule has 0 aliphatic carbocycles. The topological polar surface area (TPSA) is 54.6 Å². The lowest BCUT2D eigenvalue weighted by Gasteiger charge is -2.55. The number of benzene rings is 1. The molecule has 6 heteroatoms. The zero-order valence-electron chi connectivity index (χ0n) is 17.6. The van der Waals surface area contributed by atoms with Crippen LogP contribution in [-0.4, -0.2) is 47.9 Å². The van der Waals surface area contributed by atoms with Crippen molar-refractivity contribution in [3.8, 4) is 5.75 Å². The van der Waals surface area contributed by atoms with Crippen LogP contribution in [0.15, 0.2) is 28.7 Å². The van der Waals surface area contributed by atoms with Gasteiger partial charge in [-0.1, -0.05) is 24.2 Å². The van der Waals surface area contributed by atoms with E-state index in [1.54, 1.807) is 7.11 Å². The minimum atomic E-state index is 0.538. The van der Waals surface area contributed by atoms with E-state index in [9.17, 15) is 0 Å². The summed E-state index contributed by atoms with van der Waals surface area (Å²) in [6.45, 7) is 5.39. The zero-order chi connectivity index (χ0) is 19.8. The summed E-state index contributed by atoms with van der Waals surface area (Å²) < 4.78 is 11.3. The third-order valence-corrected chi connectivity index (χ3v) is 7.08. The van der Waals surface area contributed by atoms with Crippen molar-refractivity contribution in [1.29, 1.82) is 0 Å². The van der Waals surface area contributed by atoms with Gasteiger partial charge in [0.05, 0.1) is 7.11 Å². The van der Waals surface area contributed by atoms with Crippen LogP contribution in [0.4, 0.5) is 6.01 Å². The molecule has 0 amide bonds. The minimum absolute atomic E-state index is 0.538. The van der Waals surface area contributed by atoms with Crippen LogP contribution in [0.1, 0.15) is 56.5 Å². The molecular formula is C23H32N4O2. The fourth-order valence-electron chi connectivity index (χ4n) is 5.84. The summed E-state index contributed by atoms with van der Waals surface area (Å²) in [5.74, 6) is 3.07. The Morgan fingerprint density at radius 2 is 1.97 bits per heavy atom. The molecule has 4 atom stereocenters. The third kappa shape index (κ3) is 3.63. The number of nitrogens with zero attached hydrogens (tertiary/aromatic N) is 4. The largest absolute Gasteiger partial charge is 0.497 e. The highest BCUT2D eigenvalue weighted by Crippen LogP contribution is 2.45. The molecule has 1 aromatic carbocycles. The summed E-state index contributed by atoms with van der Waals surface area (Å²) in [7, 11) is 1.73. The number of aromatic nitrogens is 2. The molecule has 4 heterocycles. The Morgan fingerprint density at radius 3 is 2.76 bits per heavy atom. The number of piperidine rings is 3. The van der Waals surface area contributed by atoms with Crippen molar-refractivity contribution in [2.45, 2.75) is 57.5 Å². The normalized spacial score (nSPS) is 29.5. The Bertz CT molecular complexity index is 821. The second-order valence-corrected chi connectivity index (χ2v) is 8.98. The van der Waals surface area contributed by atoms with E-state index in [0.717, 1.165) is 43.6 Å². The summed E-state index contributed by atoms with van der Waals surface area (Å²) in [5, 5.41) is 8.60. The van der Waals surface area contributed by atoms with E-state index >= 15 is 0 Å². The number of aryl methyl sites for hydroxylation is 1. The minimum Gasteiger partial charge on any atom is -0.497 e. The predicted octanol–water partition coefficient (Wildman–Crippen LogP) is 4.08. The van der Waals surface area contributed by atoms with Crippen LogP contribution in [0.2, 0.25) is 0 Å². The van der Waals surface area contributed by atoms with Gasteiger partial charge in [-0.05, 0) is 61.6 Å². The SMILES string of the molecule is CCCc1nnc(N2C[C@@H]3C[C@H](C2)[C@@H]2CCC[C@H](c4ccc(OC)cc4)N2C3)o1. The molecule has 1 aromatic heterocycles. The van der Waals surface area contributed by atoms with Crippen LogP contribution in [0.25, 0.3) is 0 Å². The molecule has 0 saturated carbocycles. The van der Waals surface area contributed by atoms with Crippen molar-refractivity contribution in [3.63, 3.8) is 0 Å². The lowest BCUT2D eigenvalue weighted by molar-refractivity contribution is -0.0207. The van der Waals surface area contributed by atoms with Gasteiger partial charge in [-0.15, -0.1) is 5.10 Å². The zero-order valence-corrected chi connectivity index (χ0v) is 17.6. The van der Waals surface area contributed by atoms with Gasteiger partial charge in [0.15, 0.2) is 0 Å². The Labute approximate surface area is 173 Å². The highest BCUT2D eigenvalue weighted by atomic mass is 16.5. The van der Waals surface area contributed by atoms with Gasteiger partial charge < -0.3 is 14.1 Å². The molecule has 3 fully saturated rings. The second kappa shape index (κ2) is 7.98. The van der Waals surface area contributed by atoms with E-state index in [0.29, 0.717) is 23.9 Å². The average Bonchev–Trinajstić information content (AvgIpc) is 3.22. The molecule has 29 heavy (non-hydrogen) atoms. The molecular weight excluding hydrogens is 364 g/mol. The Hall–Kier alpha value is -2.08. The van der Waals surface area contributed by atoms with Crippen molar-refractivity contribution in [2.24, 2.45) is 11.8 Å². The highest BCUT2D eigenvalue weighted by Gasteiger charge is 2.45. The molecule has 3 aliphatic heterocycles. The first kappa shape index (κ1) is 18.9. The monoisotopic (exact) mass is 396 g/mol. The summed E-state index contributed by atoms with van der Waals surface area (Å²) in [5.41, 5.74) is 1.44. The molecule has 3 aliphatic rings. The maximum Gasteiger partial charge on any atom is 0.318 e. The molecule has 5 rings (SSSR count). The number of methoxy groups -OCH3 is 1. The van der Waals surface area contributed by atoms with Gasteiger partial charge in [0, 0.05) is 38.1 Å². The molecule has 3 saturated heterocycles. The van der Waals surface area contributed by atoms with Gasteiger partial charge in [-0.3, -0.25) is 4.90 Å². The Morgan fingerprint density at radius 1 is 1.10 bits per heavy atom. The average molecular weight is 397 g/mol. The number of fused-ring (bicyclic) bond motifs is 4. The first-order valence-electron chi connectivity index (χ1n) is 11.2. The molecule has 156 valence electrons. The molecule has 6 nitrogen and oxygen atoms in total. The van der Waals surface area contributed by atoms with Gasteiger partial charge in [0.25, 0.3) is 0 Å². The number of ether oxygens (including phenoxy) is 1. The fraction of sp³-hybridized carbons (Fsp3) is 0.652. The van der Waals surface area contributed by atoms with Gasteiger partial charge in [-0.25, -0.2) is 0 Å². The quantitative estimate of drug-likeness (QED) is 0.759. The van der Waals surface area contributed by atoms with Crippen molar-refractivity contribution in [2.75, 3.05) is 31.6 Å². The summed E-state index contributed by atoms with van der Waals surface area (Å²) in [6.07, 6.45) is 7.12. The Balaban J connectivity index is 1.33. The van der Waals surface area contributed by atoms with Crippen LogP contribution in [0.3, 0.4) is 0 Å². The first-order valence-corrected chi connectivity index (χ1v) is 11.2. The predicted molar refractivity (Wildman–Crippen MR) is 112 cm³/mol. The molecule has 0 unspecified atom stereocenters. The fourth-order valence-corrected chi connectivity index (χ4v) is 5.84. The number of hydrogen-bond donors (Lipinski definition) is 0. The summed E-state index contributed by atoms with van der Waals surface area (Å²) in [4.78, 5) is 5.18. The van der Waals surface area contributed by atoms with Crippen LogP contribution in [0, 0.1) is 11.8 Å². The maximum atomic E-state index is 5.96. The smallest absolute Gasteiger partial charge is 0.318 e. The summed E-state index contributed by atoms with van der Waals surface area (Å²) >= 11 is 0. The number of rotatable bonds is 5. The molecule has 0 N–H and O–H groups in total. The van der Waals surface area contributed by atoms with Crippen LogP contribution < -0.4 is 9.64 Å². The van der Waals surface area contributed by atoms with E-state index in [2.05, 4.69) is 51.2 Å². The van der Waals surface area contributed by atoms with Crippen molar-refractivity contribution < 1.29 is 9.15 Å². The lowest BCUT2D eigenvalue weighted by Crippen LogP contribution is -2.59. The lowest BCUT2D eigenvalue weighted by atomic mass is 9.74. The van der Waals surface area contributed by atoms with Crippen LogP contribution in [-0.2, 0) is 6.42 Å². The second-order valence-electron chi connectivity index (χ2n) is 8.98. The van der Waals surface area contributed by atoms with E-state index in [1.165, 1.54) is 37.8 Å². The Kier molecular flexibility index (Phi) is 5.20. The van der Waals surface area contributed by atoms with Gasteiger partial charge in [0.2, 0.25) is 5.89 Å². The third-order valence-electron chi connectivity index (χ3n) is 7.08. The van der Waals surface area contributed by atoms with Gasteiger partial charge in [0.1, 0.15) is 5.75 Å². The van der Waals surface area contributed by atoms with E-state index < -0.39 is 0 Å². The van der Waals surface area contributed by atoms with Crippen LogP contribution >= 0.6 is 0 Å². The van der Waals surface area contributed by atoms with E-state index in [4.69, 9.17) is 9.15 Å². The van der Waals surface area contributed by atoms with E-state index in [1.807, 2.05) is 0 Å². The highest BCUT2D eigenvalue weighted by molar-refractivity contribution is 5.31.